The third-order valence-corrected chi connectivity index (χ3v) is 3.38. The van der Waals surface area contributed by atoms with Gasteiger partial charge in [-0.05, 0) is 25.0 Å². The van der Waals surface area contributed by atoms with E-state index in [2.05, 4.69) is 0 Å². The van der Waals surface area contributed by atoms with Gasteiger partial charge in [0.2, 0.25) is 0 Å². The first kappa shape index (κ1) is 10.1. The van der Waals surface area contributed by atoms with E-state index in [1.165, 1.54) is 0 Å². The highest BCUT2D eigenvalue weighted by Gasteiger charge is 2.33. The van der Waals surface area contributed by atoms with Crippen LogP contribution in [0.1, 0.15) is 18.6 Å². The number of alkyl halides is 1. The summed E-state index contributed by atoms with van der Waals surface area (Å²) in [6.07, 6.45) is 4.84. The Morgan fingerprint density at radius 3 is 3.00 bits per heavy atom. The van der Waals surface area contributed by atoms with E-state index < -0.39 is 0 Å². The fourth-order valence-corrected chi connectivity index (χ4v) is 2.29. The minimum atomic E-state index is 0.0949. The molecule has 0 bridgehead atoms. The van der Waals surface area contributed by atoms with Crippen molar-refractivity contribution in [2.45, 2.75) is 19.3 Å². The van der Waals surface area contributed by atoms with E-state index in [-0.39, 0.29) is 5.41 Å². The third-order valence-electron chi connectivity index (χ3n) is 2.82. The highest BCUT2D eigenvalue weighted by Crippen LogP contribution is 2.33. The van der Waals surface area contributed by atoms with E-state index >= 15 is 0 Å². The average Bonchev–Trinajstić information content (AvgIpc) is 2.72. The van der Waals surface area contributed by atoms with Crippen molar-refractivity contribution in [3.63, 3.8) is 0 Å². The Balaban J connectivity index is 2.04. The average molecular weight is 215 g/mol. The van der Waals surface area contributed by atoms with E-state index in [1.54, 1.807) is 6.26 Å². The minimum absolute atomic E-state index is 0.0949. The van der Waals surface area contributed by atoms with E-state index in [0.717, 1.165) is 38.2 Å². The smallest absolute Gasteiger partial charge is 0.104 e. The number of rotatable bonds is 3. The molecule has 78 valence electrons. The molecule has 0 spiro atoms. The Bertz CT molecular complexity index is 263. The summed E-state index contributed by atoms with van der Waals surface area (Å²) in [6, 6.07) is 3.92. The summed E-state index contributed by atoms with van der Waals surface area (Å²) in [6.45, 7) is 1.63. The lowest BCUT2D eigenvalue weighted by atomic mass is 9.80. The molecule has 1 aromatic heterocycles. The molecule has 1 saturated heterocycles. The molecular weight excluding hydrogens is 200 g/mol. The maximum atomic E-state index is 6.03. The Morgan fingerprint density at radius 2 is 2.43 bits per heavy atom. The molecule has 1 aromatic rings. The molecule has 1 aliphatic heterocycles. The molecule has 1 aliphatic rings. The van der Waals surface area contributed by atoms with Crippen molar-refractivity contribution in [1.29, 1.82) is 0 Å². The molecule has 2 nitrogen and oxygen atoms in total. The first-order chi connectivity index (χ1) is 6.85. The summed E-state index contributed by atoms with van der Waals surface area (Å²) in [5.41, 5.74) is 0.0949. The van der Waals surface area contributed by atoms with Gasteiger partial charge in [-0.2, -0.15) is 0 Å². The summed E-state index contributed by atoms with van der Waals surface area (Å²) in [5.74, 6) is 1.66. The number of furan rings is 1. The predicted molar refractivity (Wildman–Crippen MR) is 55.6 cm³/mol. The van der Waals surface area contributed by atoms with Crippen molar-refractivity contribution in [1.82, 2.24) is 0 Å². The molecule has 2 heterocycles. The normalized spacial score (nSPS) is 27.8. The van der Waals surface area contributed by atoms with Gasteiger partial charge in [0.25, 0.3) is 0 Å². The zero-order valence-corrected chi connectivity index (χ0v) is 8.93. The minimum Gasteiger partial charge on any atom is -0.469 e. The third kappa shape index (κ3) is 2.12. The van der Waals surface area contributed by atoms with Crippen LogP contribution in [-0.2, 0) is 11.2 Å². The van der Waals surface area contributed by atoms with Crippen LogP contribution < -0.4 is 0 Å². The molecule has 2 rings (SSSR count). The summed E-state index contributed by atoms with van der Waals surface area (Å²) in [4.78, 5) is 0. The summed E-state index contributed by atoms with van der Waals surface area (Å²) in [5, 5.41) is 0. The van der Waals surface area contributed by atoms with Gasteiger partial charge in [0.15, 0.2) is 0 Å². The van der Waals surface area contributed by atoms with Gasteiger partial charge < -0.3 is 9.15 Å². The highest BCUT2D eigenvalue weighted by atomic mass is 35.5. The fraction of sp³-hybridized carbons (Fsp3) is 0.636. The van der Waals surface area contributed by atoms with Crippen LogP contribution in [0, 0.1) is 5.41 Å². The van der Waals surface area contributed by atoms with Crippen molar-refractivity contribution in [2.24, 2.45) is 5.41 Å². The van der Waals surface area contributed by atoms with Gasteiger partial charge in [-0.15, -0.1) is 11.6 Å². The zero-order valence-electron chi connectivity index (χ0n) is 8.17. The first-order valence-electron chi connectivity index (χ1n) is 5.01. The Kier molecular flexibility index (Phi) is 3.14. The number of hydrogen-bond acceptors (Lipinski definition) is 2. The second-order valence-corrected chi connectivity index (χ2v) is 4.31. The van der Waals surface area contributed by atoms with Crippen LogP contribution >= 0.6 is 11.6 Å². The van der Waals surface area contributed by atoms with E-state index in [1.807, 2.05) is 12.1 Å². The van der Waals surface area contributed by atoms with Crippen LogP contribution in [0.2, 0.25) is 0 Å². The summed E-state index contributed by atoms with van der Waals surface area (Å²) >= 11 is 6.03. The van der Waals surface area contributed by atoms with Gasteiger partial charge in [0.1, 0.15) is 5.76 Å². The second-order valence-electron chi connectivity index (χ2n) is 4.05. The van der Waals surface area contributed by atoms with Crippen LogP contribution in [-0.4, -0.2) is 19.1 Å². The van der Waals surface area contributed by atoms with Crippen molar-refractivity contribution >= 4 is 11.6 Å². The van der Waals surface area contributed by atoms with Crippen LogP contribution in [0.3, 0.4) is 0 Å². The molecule has 0 radical (unpaired) electrons. The van der Waals surface area contributed by atoms with Crippen molar-refractivity contribution < 1.29 is 9.15 Å². The molecule has 14 heavy (non-hydrogen) atoms. The van der Waals surface area contributed by atoms with E-state index in [4.69, 9.17) is 20.8 Å². The Morgan fingerprint density at radius 1 is 1.50 bits per heavy atom. The lowest BCUT2D eigenvalue weighted by molar-refractivity contribution is 0.00238. The molecule has 1 atom stereocenters. The topological polar surface area (TPSA) is 22.4 Å². The lowest BCUT2D eigenvalue weighted by Crippen LogP contribution is -2.35. The van der Waals surface area contributed by atoms with Gasteiger partial charge in [-0.25, -0.2) is 0 Å². The van der Waals surface area contributed by atoms with Crippen molar-refractivity contribution in [3.8, 4) is 0 Å². The SMILES string of the molecule is ClCC1(Cc2ccco2)CCCOC1. The maximum absolute atomic E-state index is 6.03. The largest absolute Gasteiger partial charge is 0.469 e. The van der Waals surface area contributed by atoms with Gasteiger partial charge in [-0.3, -0.25) is 0 Å². The first-order valence-corrected chi connectivity index (χ1v) is 5.54. The molecule has 3 heteroatoms. The number of halogens is 1. The van der Waals surface area contributed by atoms with Crippen molar-refractivity contribution in [2.75, 3.05) is 19.1 Å². The summed E-state index contributed by atoms with van der Waals surface area (Å²) in [7, 11) is 0. The Labute approximate surface area is 89.2 Å². The van der Waals surface area contributed by atoms with Crippen molar-refractivity contribution in [3.05, 3.63) is 24.2 Å². The van der Waals surface area contributed by atoms with Gasteiger partial charge in [-0.1, -0.05) is 0 Å². The Hall–Kier alpha value is -0.470. The highest BCUT2D eigenvalue weighted by molar-refractivity contribution is 6.18. The van der Waals surface area contributed by atoms with Crippen LogP contribution in [0.15, 0.2) is 22.8 Å². The van der Waals surface area contributed by atoms with Crippen LogP contribution in [0.5, 0.6) is 0 Å². The molecule has 0 aromatic carbocycles. The lowest BCUT2D eigenvalue weighted by Gasteiger charge is -2.34. The molecule has 0 aliphatic carbocycles. The van der Waals surface area contributed by atoms with E-state index in [9.17, 15) is 0 Å². The summed E-state index contributed by atoms with van der Waals surface area (Å²) < 4.78 is 10.8. The molecule has 0 saturated carbocycles. The second kappa shape index (κ2) is 4.37. The van der Waals surface area contributed by atoms with Crippen LogP contribution in [0.25, 0.3) is 0 Å². The molecule has 0 N–H and O–H groups in total. The molecule has 1 unspecified atom stereocenters. The monoisotopic (exact) mass is 214 g/mol. The molecule has 1 fully saturated rings. The van der Waals surface area contributed by atoms with Gasteiger partial charge >= 0.3 is 0 Å². The number of ether oxygens (including phenoxy) is 1. The van der Waals surface area contributed by atoms with Gasteiger partial charge in [0.05, 0.1) is 12.9 Å². The van der Waals surface area contributed by atoms with Crippen LogP contribution in [0.4, 0.5) is 0 Å². The maximum Gasteiger partial charge on any atom is 0.104 e. The molecule has 0 amide bonds. The predicted octanol–water partition coefficient (Wildman–Crippen LogP) is 2.86. The quantitative estimate of drug-likeness (QED) is 0.722. The fourth-order valence-electron chi connectivity index (χ4n) is 1.98. The van der Waals surface area contributed by atoms with Gasteiger partial charge in [0, 0.05) is 24.3 Å². The molecular formula is C11H15ClO2. The zero-order chi connectivity index (χ0) is 9.86. The standard InChI is InChI=1S/C11H15ClO2/c12-8-11(4-2-5-13-9-11)7-10-3-1-6-14-10/h1,3,6H,2,4-5,7-9H2. The number of hydrogen-bond donors (Lipinski definition) is 0. The van der Waals surface area contributed by atoms with E-state index in [0.29, 0.717) is 5.88 Å².